The van der Waals surface area contributed by atoms with Crippen LogP contribution in [0.5, 0.6) is 0 Å². The van der Waals surface area contributed by atoms with Crippen molar-refractivity contribution in [2.24, 2.45) is 0 Å². The summed E-state index contributed by atoms with van der Waals surface area (Å²) in [5, 5.41) is 0. The zero-order valence-electron chi connectivity index (χ0n) is 8.25. The number of nitrogens with one attached hydrogen (secondary N) is 1. The molecule has 0 aliphatic rings. The molecule has 2 heteroatoms. The predicted octanol–water partition coefficient (Wildman–Crippen LogP) is 2.50. The van der Waals surface area contributed by atoms with Gasteiger partial charge in [0, 0.05) is 23.5 Å². The summed E-state index contributed by atoms with van der Waals surface area (Å²) in [6, 6.07) is 12.1. The molecule has 0 radical (unpaired) electrons. The van der Waals surface area contributed by atoms with Gasteiger partial charge >= 0.3 is 0 Å². The molecule has 0 saturated heterocycles. The van der Waals surface area contributed by atoms with E-state index in [9.17, 15) is 0 Å². The van der Waals surface area contributed by atoms with Crippen LogP contribution in [0.15, 0.2) is 36.4 Å². The largest absolute Gasteiger partial charge is 0.398 e. The third kappa shape index (κ3) is 1.79. The minimum Gasteiger partial charge on any atom is -0.398 e. The van der Waals surface area contributed by atoms with Gasteiger partial charge in [-0.05, 0) is 30.7 Å². The first-order valence-corrected chi connectivity index (χ1v) is 4.73. The van der Waals surface area contributed by atoms with Crippen molar-refractivity contribution in [3.8, 4) is 0 Å². The van der Waals surface area contributed by atoms with Crippen LogP contribution < -0.4 is 5.73 Å². The van der Waals surface area contributed by atoms with E-state index in [0.29, 0.717) is 0 Å². The third-order valence-electron chi connectivity index (χ3n) is 2.33. The monoisotopic (exact) mass is 186 g/mol. The second kappa shape index (κ2) is 3.58. The van der Waals surface area contributed by atoms with Gasteiger partial charge in [-0.15, -0.1) is 0 Å². The van der Waals surface area contributed by atoms with Gasteiger partial charge in [-0.25, -0.2) is 0 Å². The molecule has 0 aliphatic carbocycles. The van der Waals surface area contributed by atoms with Crippen LogP contribution in [0.4, 0.5) is 5.69 Å². The molecule has 0 amide bonds. The molecule has 14 heavy (non-hydrogen) atoms. The molecule has 1 aromatic carbocycles. The summed E-state index contributed by atoms with van der Waals surface area (Å²) in [6.07, 6.45) is 0.876. The fraction of sp³-hybridized carbons (Fsp3) is 0.167. The lowest BCUT2D eigenvalue weighted by atomic mass is 10.1. The number of aryl methyl sites for hydroxylation is 1. The molecule has 1 heterocycles. The number of anilines is 1. The normalized spacial score (nSPS) is 10.4. The Labute approximate surface area is 83.8 Å². The van der Waals surface area contributed by atoms with Crippen molar-refractivity contribution in [3.05, 3.63) is 53.3 Å². The first kappa shape index (κ1) is 8.88. The Hall–Kier alpha value is -1.70. The Morgan fingerprint density at radius 3 is 2.57 bits per heavy atom. The average Bonchev–Trinajstić information content (AvgIpc) is 2.56. The van der Waals surface area contributed by atoms with Gasteiger partial charge in [0.1, 0.15) is 0 Å². The van der Waals surface area contributed by atoms with Gasteiger partial charge in [0.05, 0.1) is 0 Å². The van der Waals surface area contributed by atoms with E-state index in [1.54, 1.807) is 0 Å². The standard InChI is InChI=1S/C12H14N2/c1-9-6-7-11(14-9)8-10-4-2-3-5-12(10)13/h2-7,14H,8,13H2,1H3. The van der Waals surface area contributed by atoms with E-state index in [4.69, 9.17) is 5.73 Å². The highest BCUT2D eigenvalue weighted by Crippen LogP contribution is 2.15. The molecule has 2 aromatic rings. The molecule has 0 unspecified atom stereocenters. The van der Waals surface area contributed by atoms with E-state index in [1.165, 1.54) is 17.0 Å². The second-order valence-electron chi connectivity index (χ2n) is 3.54. The van der Waals surface area contributed by atoms with Gasteiger partial charge < -0.3 is 10.7 Å². The van der Waals surface area contributed by atoms with Crippen LogP contribution in [-0.2, 0) is 6.42 Å². The van der Waals surface area contributed by atoms with Crippen LogP contribution in [0, 0.1) is 6.92 Å². The maximum absolute atomic E-state index is 5.86. The average molecular weight is 186 g/mol. The number of rotatable bonds is 2. The van der Waals surface area contributed by atoms with E-state index < -0.39 is 0 Å². The van der Waals surface area contributed by atoms with Crippen LogP contribution in [0.3, 0.4) is 0 Å². The number of hydrogen-bond donors (Lipinski definition) is 2. The van der Waals surface area contributed by atoms with E-state index >= 15 is 0 Å². The molecule has 1 aromatic heterocycles. The number of benzene rings is 1. The number of aromatic amines is 1. The molecule has 0 atom stereocenters. The molecule has 2 rings (SSSR count). The minimum absolute atomic E-state index is 0.861. The lowest BCUT2D eigenvalue weighted by molar-refractivity contribution is 1.08. The van der Waals surface area contributed by atoms with Crippen molar-refractivity contribution < 1.29 is 0 Å². The number of nitrogens with two attached hydrogens (primary N) is 1. The highest BCUT2D eigenvalue weighted by Gasteiger charge is 2.00. The molecule has 0 bridgehead atoms. The molecule has 72 valence electrons. The van der Waals surface area contributed by atoms with E-state index in [0.717, 1.165) is 12.1 Å². The van der Waals surface area contributed by atoms with Crippen molar-refractivity contribution in [1.29, 1.82) is 0 Å². The third-order valence-corrected chi connectivity index (χ3v) is 2.33. The number of H-pyrrole nitrogens is 1. The molecular weight excluding hydrogens is 172 g/mol. The summed E-state index contributed by atoms with van der Waals surface area (Å²) in [5.41, 5.74) is 10.3. The van der Waals surface area contributed by atoms with Crippen LogP contribution >= 0.6 is 0 Å². The lowest BCUT2D eigenvalue weighted by Gasteiger charge is -2.03. The fourth-order valence-electron chi connectivity index (χ4n) is 1.57. The van der Waals surface area contributed by atoms with Crippen LogP contribution in [0.2, 0.25) is 0 Å². The molecule has 0 spiro atoms. The van der Waals surface area contributed by atoms with Crippen LogP contribution in [-0.4, -0.2) is 4.98 Å². The Bertz CT molecular complexity index is 429. The second-order valence-corrected chi connectivity index (χ2v) is 3.54. The van der Waals surface area contributed by atoms with Crippen molar-refractivity contribution in [2.45, 2.75) is 13.3 Å². The zero-order valence-corrected chi connectivity index (χ0v) is 8.25. The smallest absolute Gasteiger partial charge is 0.0350 e. The Morgan fingerprint density at radius 2 is 1.93 bits per heavy atom. The van der Waals surface area contributed by atoms with Gasteiger partial charge in [-0.1, -0.05) is 18.2 Å². The van der Waals surface area contributed by atoms with E-state index in [2.05, 4.69) is 30.1 Å². The van der Waals surface area contributed by atoms with Gasteiger partial charge in [0.15, 0.2) is 0 Å². The molecule has 0 saturated carbocycles. The number of nitrogen functional groups attached to an aromatic ring is 1. The highest BCUT2D eigenvalue weighted by atomic mass is 14.7. The minimum atomic E-state index is 0.861. The molecule has 2 nitrogen and oxygen atoms in total. The van der Waals surface area contributed by atoms with E-state index in [-0.39, 0.29) is 0 Å². The van der Waals surface area contributed by atoms with Crippen molar-refractivity contribution in [3.63, 3.8) is 0 Å². The molecule has 0 fully saturated rings. The summed E-state index contributed by atoms with van der Waals surface area (Å²) in [5.74, 6) is 0. The van der Waals surface area contributed by atoms with Gasteiger partial charge in [0.2, 0.25) is 0 Å². The summed E-state index contributed by atoms with van der Waals surface area (Å²) in [6.45, 7) is 2.05. The Morgan fingerprint density at radius 1 is 1.14 bits per heavy atom. The van der Waals surface area contributed by atoms with Gasteiger partial charge in [-0.3, -0.25) is 0 Å². The number of aromatic nitrogens is 1. The first-order chi connectivity index (χ1) is 6.75. The first-order valence-electron chi connectivity index (χ1n) is 4.73. The predicted molar refractivity (Wildman–Crippen MR) is 59.2 cm³/mol. The van der Waals surface area contributed by atoms with Crippen molar-refractivity contribution in [1.82, 2.24) is 4.98 Å². The summed E-state index contributed by atoms with van der Waals surface area (Å²) >= 11 is 0. The SMILES string of the molecule is Cc1ccc(Cc2ccccc2N)[nH]1. The fourth-order valence-corrected chi connectivity index (χ4v) is 1.57. The highest BCUT2D eigenvalue weighted by molar-refractivity contribution is 5.47. The maximum Gasteiger partial charge on any atom is 0.0350 e. The van der Waals surface area contributed by atoms with Crippen LogP contribution in [0.1, 0.15) is 17.0 Å². The van der Waals surface area contributed by atoms with Crippen LogP contribution in [0.25, 0.3) is 0 Å². The summed E-state index contributed by atoms with van der Waals surface area (Å²) in [7, 11) is 0. The quantitative estimate of drug-likeness (QED) is 0.695. The molecule has 0 aliphatic heterocycles. The topological polar surface area (TPSA) is 41.8 Å². The van der Waals surface area contributed by atoms with Crippen molar-refractivity contribution >= 4 is 5.69 Å². The lowest BCUT2D eigenvalue weighted by Crippen LogP contribution is -1.95. The number of hydrogen-bond acceptors (Lipinski definition) is 1. The van der Waals surface area contributed by atoms with Crippen molar-refractivity contribution in [2.75, 3.05) is 5.73 Å². The Balaban J connectivity index is 2.23. The Kier molecular flexibility index (Phi) is 2.27. The summed E-state index contributed by atoms with van der Waals surface area (Å²) in [4.78, 5) is 3.30. The number of para-hydroxylation sites is 1. The maximum atomic E-state index is 5.86. The summed E-state index contributed by atoms with van der Waals surface area (Å²) < 4.78 is 0. The van der Waals surface area contributed by atoms with Gasteiger partial charge in [0.25, 0.3) is 0 Å². The van der Waals surface area contributed by atoms with Gasteiger partial charge in [-0.2, -0.15) is 0 Å². The molecular formula is C12H14N2. The van der Waals surface area contributed by atoms with E-state index in [1.807, 2.05) is 18.2 Å². The zero-order chi connectivity index (χ0) is 9.97. The molecule has 3 N–H and O–H groups in total.